The maximum absolute atomic E-state index is 12.0. The molecule has 1 aliphatic heterocycles. The number of unbranched alkanes of at least 4 members (excludes halogenated alkanes) is 7. The summed E-state index contributed by atoms with van der Waals surface area (Å²) in [5.41, 5.74) is -0.167. The van der Waals surface area contributed by atoms with Crippen LogP contribution in [0.25, 0.3) is 0 Å². The molecule has 1 rings (SSSR count). The molecule has 0 bridgehead atoms. The van der Waals surface area contributed by atoms with Crippen LogP contribution in [0.15, 0.2) is 0 Å². The lowest BCUT2D eigenvalue weighted by atomic mass is 9.89. The van der Waals surface area contributed by atoms with E-state index in [1.807, 2.05) is 0 Å². The second-order valence-electron chi connectivity index (χ2n) is 6.22. The summed E-state index contributed by atoms with van der Waals surface area (Å²) in [6.45, 7) is 6.97. The van der Waals surface area contributed by atoms with Crippen LogP contribution in [0.5, 0.6) is 0 Å². The third-order valence-electron chi connectivity index (χ3n) is 4.23. The molecule has 1 unspecified atom stereocenters. The van der Waals surface area contributed by atoms with Crippen LogP contribution in [0, 0.1) is 5.41 Å². The molecule has 0 aliphatic carbocycles. The quantitative estimate of drug-likeness (QED) is 0.597. The summed E-state index contributed by atoms with van der Waals surface area (Å²) in [5.74, 6) is 0.237. The summed E-state index contributed by atoms with van der Waals surface area (Å²) in [5, 5.41) is 6.37. The first-order valence-electron chi connectivity index (χ1n) is 8.18. The number of hydrogen-bond acceptors (Lipinski definition) is 2. The lowest BCUT2D eigenvalue weighted by Crippen LogP contribution is -2.40. The van der Waals surface area contributed by atoms with Crippen LogP contribution >= 0.6 is 0 Å². The summed E-state index contributed by atoms with van der Waals surface area (Å²) >= 11 is 0. The second-order valence-corrected chi connectivity index (χ2v) is 6.22. The Morgan fingerprint density at radius 1 is 1.11 bits per heavy atom. The third kappa shape index (κ3) is 6.42. The minimum atomic E-state index is -0.167. The molecule has 0 saturated carbocycles. The number of carbonyl (C=O) groups excluding carboxylic acids is 1. The first-order chi connectivity index (χ1) is 9.19. The molecule has 1 saturated heterocycles. The summed E-state index contributed by atoms with van der Waals surface area (Å²) in [6.07, 6.45) is 11.5. The molecular formula is C16H32N2O. The van der Waals surface area contributed by atoms with Crippen molar-refractivity contribution in [3.05, 3.63) is 0 Å². The maximum atomic E-state index is 12.0. The molecule has 3 heteroatoms. The highest BCUT2D eigenvalue weighted by molar-refractivity contribution is 5.82. The Balaban J connectivity index is 1.92. The largest absolute Gasteiger partial charge is 0.356 e. The zero-order valence-electron chi connectivity index (χ0n) is 12.9. The standard InChI is InChI=1S/C16H32N2O/c1-3-4-5-6-7-8-9-10-12-18-15(19)16(2)11-13-17-14-16/h17H,3-14H2,1-2H3,(H,18,19). The molecule has 112 valence electrons. The summed E-state index contributed by atoms with van der Waals surface area (Å²) in [7, 11) is 0. The SMILES string of the molecule is CCCCCCCCCCNC(=O)C1(C)CCNC1. The minimum Gasteiger partial charge on any atom is -0.356 e. The van der Waals surface area contributed by atoms with Gasteiger partial charge in [-0.3, -0.25) is 4.79 Å². The highest BCUT2D eigenvalue weighted by Crippen LogP contribution is 2.24. The fourth-order valence-electron chi connectivity index (χ4n) is 2.68. The van der Waals surface area contributed by atoms with Gasteiger partial charge in [0.05, 0.1) is 5.41 Å². The number of rotatable bonds is 10. The monoisotopic (exact) mass is 268 g/mol. The van der Waals surface area contributed by atoms with Gasteiger partial charge >= 0.3 is 0 Å². The molecule has 1 heterocycles. The summed E-state index contributed by atoms with van der Waals surface area (Å²) in [6, 6.07) is 0. The number of carbonyl (C=O) groups is 1. The van der Waals surface area contributed by atoms with Gasteiger partial charge in [0.2, 0.25) is 5.91 Å². The van der Waals surface area contributed by atoms with Crippen molar-refractivity contribution in [1.82, 2.24) is 10.6 Å². The van der Waals surface area contributed by atoms with Crippen molar-refractivity contribution in [3.63, 3.8) is 0 Å². The van der Waals surface area contributed by atoms with E-state index in [9.17, 15) is 4.79 Å². The van der Waals surface area contributed by atoms with Crippen molar-refractivity contribution >= 4 is 5.91 Å². The van der Waals surface area contributed by atoms with Crippen molar-refractivity contribution in [2.45, 2.75) is 71.6 Å². The molecule has 1 amide bonds. The van der Waals surface area contributed by atoms with Crippen molar-refractivity contribution in [3.8, 4) is 0 Å². The molecule has 1 fully saturated rings. The molecule has 2 N–H and O–H groups in total. The third-order valence-corrected chi connectivity index (χ3v) is 4.23. The Kier molecular flexibility index (Phi) is 8.11. The van der Waals surface area contributed by atoms with E-state index >= 15 is 0 Å². The van der Waals surface area contributed by atoms with Crippen molar-refractivity contribution in [2.24, 2.45) is 5.41 Å². The topological polar surface area (TPSA) is 41.1 Å². The summed E-state index contributed by atoms with van der Waals surface area (Å²) in [4.78, 5) is 12.0. The van der Waals surface area contributed by atoms with Gasteiger partial charge in [-0.1, -0.05) is 51.9 Å². The Hall–Kier alpha value is -0.570. The van der Waals surface area contributed by atoms with Gasteiger partial charge in [-0.15, -0.1) is 0 Å². The Morgan fingerprint density at radius 3 is 2.32 bits per heavy atom. The van der Waals surface area contributed by atoms with Crippen molar-refractivity contribution < 1.29 is 4.79 Å². The van der Waals surface area contributed by atoms with Gasteiger partial charge in [0, 0.05) is 13.1 Å². The van der Waals surface area contributed by atoms with E-state index in [4.69, 9.17) is 0 Å². The minimum absolute atomic E-state index is 0.167. The van der Waals surface area contributed by atoms with Crippen LogP contribution in [0.1, 0.15) is 71.6 Å². The highest BCUT2D eigenvalue weighted by atomic mass is 16.2. The van der Waals surface area contributed by atoms with Crippen LogP contribution in [0.3, 0.4) is 0 Å². The van der Waals surface area contributed by atoms with E-state index in [0.29, 0.717) is 0 Å². The first kappa shape index (κ1) is 16.5. The van der Waals surface area contributed by atoms with Crippen molar-refractivity contribution in [2.75, 3.05) is 19.6 Å². The van der Waals surface area contributed by atoms with E-state index in [1.54, 1.807) is 0 Å². The van der Waals surface area contributed by atoms with Gasteiger partial charge in [0.25, 0.3) is 0 Å². The van der Waals surface area contributed by atoms with Crippen LogP contribution in [-0.2, 0) is 4.79 Å². The normalized spacial score (nSPS) is 22.6. The van der Waals surface area contributed by atoms with Gasteiger partial charge < -0.3 is 10.6 Å². The average Bonchev–Trinajstić information content (AvgIpc) is 2.85. The second kappa shape index (κ2) is 9.35. The van der Waals surface area contributed by atoms with Crippen molar-refractivity contribution in [1.29, 1.82) is 0 Å². The molecule has 0 aromatic carbocycles. The van der Waals surface area contributed by atoms with E-state index < -0.39 is 0 Å². The number of amides is 1. The predicted octanol–water partition coefficient (Wildman–Crippen LogP) is 3.24. The van der Waals surface area contributed by atoms with Crippen LogP contribution < -0.4 is 10.6 Å². The zero-order valence-corrected chi connectivity index (χ0v) is 12.9. The highest BCUT2D eigenvalue weighted by Gasteiger charge is 2.35. The molecule has 0 aromatic rings. The van der Waals surface area contributed by atoms with Crippen LogP contribution in [0.4, 0.5) is 0 Å². The molecule has 19 heavy (non-hydrogen) atoms. The zero-order chi connectivity index (χ0) is 14.0. The molecule has 1 atom stereocenters. The summed E-state index contributed by atoms with van der Waals surface area (Å²) < 4.78 is 0. The molecular weight excluding hydrogens is 236 g/mol. The fourth-order valence-corrected chi connectivity index (χ4v) is 2.68. The number of hydrogen-bond donors (Lipinski definition) is 2. The Bertz CT molecular complexity index is 247. The molecule has 3 nitrogen and oxygen atoms in total. The van der Waals surface area contributed by atoms with E-state index in [0.717, 1.165) is 32.5 Å². The smallest absolute Gasteiger partial charge is 0.227 e. The van der Waals surface area contributed by atoms with E-state index in [1.165, 1.54) is 44.9 Å². The van der Waals surface area contributed by atoms with E-state index in [-0.39, 0.29) is 11.3 Å². The van der Waals surface area contributed by atoms with Gasteiger partial charge in [-0.25, -0.2) is 0 Å². The Morgan fingerprint density at radius 2 is 1.74 bits per heavy atom. The lowest BCUT2D eigenvalue weighted by molar-refractivity contribution is -0.129. The van der Waals surface area contributed by atoms with E-state index in [2.05, 4.69) is 24.5 Å². The lowest BCUT2D eigenvalue weighted by Gasteiger charge is -2.21. The molecule has 0 spiro atoms. The fraction of sp³-hybridized carbons (Fsp3) is 0.938. The maximum Gasteiger partial charge on any atom is 0.227 e. The van der Waals surface area contributed by atoms with Crippen LogP contribution in [-0.4, -0.2) is 25.5 Å². The molecule has 1 aliphatic rings. The number of nitrogens with one attached hydrogen (secondary N) is 2. The first-order valence-corrected chi connectivity index (χ1v) is 8.18. The average molecular weight is 268 g/mol. The van der Waals surface area contributed by atoms with Gasteiger partial charge in [0.15, 0.2) is 0 Å². The van der Waals surface area contributed by atoms with Gasteiger partial charge in [0.1, 0.15) is 0 Å². The van der Waals surface area contributed by atoms with Crippen LogP contribution in [0.2, 0.25) is 0 Å². The molecule has 0 radical (unpaired) electrons. The molecule has 0 aromatic heterocycles. The van der Waals surface area contributed by atoms with Gasteiger partial charge in [-0.2, -0.15) is 0 Å². The van der Waals surface area contributed by atoms with Gasteiger partial charge in [-0.05, 0) is 26.3 Å². The predicted molar refractivity (Wildman–Crippen MR) is 81.2 cm³/mol. The Labute approximate surface area is 118 Å².